The normalized spacial score (nSPS) is 19.1. The van der Waals surface area contributed by atoms with Gasteiger partial charge in [-0.3, -0.25) is 9.59 Å². The maximum Gasteiger partial charge on any atom is 0.245 e. The zero-order chi connectivity index (χ0) is 22.9. The molecule has 7 nitrogen and oxygen atoms in total. The molecular weight excluding hydrogens is 514 g/mol. The van der Waals surface area contributed by atoms with Crippen LogP contribution in [0.3, 0.4) is 0 Å². The summed E-state index contributed by atoms with van der Waals surface area (Å²) in [7, 11) is -3.88. The van der Waals surface area contributed by atoms with Crippen molar-refractivity contribution in [2.24, 2.45) is 5.92 Å². The van der Waals surface area contributed by atoms with E-state index in [2.05, 4.69) is 21.2 Å². The first-order valence-corrected chi connectivity index (χ1v) is 13.9. The van der Waals surface area contributed by atoms with Crippen LogP contribution < -0.4 is 10.2 Å². The smallest absolute Gasteiger partial charge is 0.245 e. The van der Waals surface area contributed by atoms with Gasteiger partial charge in [-0.05, 0) is 48.4 Å². The summed E-state index contributed by atoms with van der Waals surface area (Å²) in [6.07, 6.45) is 2.20. The molecule has 32 heavy (non-hydrogen) atoms. The Balaban J connectivity index is 1.57. The summed E-state index contributed by atoms with van der Waals surface area (Å²) in [6.45, 7) is 3.21. The van der Waals surface area contributed by atoms with E-state index in [1.807, 2.05) is 23.6 Å². The number of piperidine rings is 1. The number of thiophene rings is 1. The second kappa shape index (κ2) is 9.62. The number of carbonyl (C=O) groups is 2. The summed E-state index contributed by atoms with van der Waals surface area (Å²) in [5, 5.41) is 4.89. The number of halogens is 1. The van der Waals surface area contributed by atoms with Crippen molar-refractivity contribution in [3.05, 3.63) is 44.6 Å². The molecule has 1 N–H and O–H groups in total. The number of carbonyl (C=O) groups excluding carboxylic acids is 2. The Morgan fingerprint density at radius 2 is 2.09 bits per heavy atom. The molecule has 0 bridgehead atoms. The standard InChI is InChI=1S/C22H26BrN3O4S2/c1-2-20(27)26-9-7-15-11-17(23)12-19(21(15)26)32(29,30)25-8-3-5-16(14-25)22(28)24-13-18-6-4-10-31-18/h4,6,10-12,16H,2-3,5,7-9,13-14H2,1H3,(H,24,28)/t16-/m1/s1. The number of hydrogen-bond acceptors (Lipinski definition) is 5. The third kappa shape index (κ3) is 4.64. The van der Waals surface area contributed by atoms with Gasteiger partial charge >= 0.3 is 0 Å². The molecule has 4 rings (SSSR count). The van der Waals surface area contributed by atoms with Crippen molar-refractivity contribution in [2.45, 2.75) is 44.0 Å². The van der Waals surface area contributed by atoms with Crippen LogP contribution in [-0.2, 0) is 32.6 Å². The molecule has 172 valence electrons. The van der Waals surface area contributed by atoms with Crippen LogP contribution >= 0.6 is 27.3 Å². The minimum absolute atomic E-state index is 0.0907. The van der Waals surface area contributed by atoms with E-state index in [1.54, 1.807) is 29.2 Å². The monoisotopic (exact) mass is 539 g/mol. The van der Waals surface area contributed by atoms with Gasteiger partial charge in [0.1, 0.15) is 4.90 Å². The molecule has 0 aliphatic carbocycles. The van der Waals surface area contributed by atoms with Gasteiger partial charge in [-0.25, -0.2) is 8.42 Å². The van der Waals surface area contributed by atoms with Gasteiger partial charge in [0.15, 0.2) is 0 Å². The summed E-state index contributed by atoms with van der Waals surface area (Å²) in [4.78, 5) is 28.0. The van der Waals surface area contributed by atoms with Crippen molar-refractivity contribution < 1.29 is 18.0 Å². The minimum Gasteiger partial charge on any atom is -0.351 e. The largest absolute Gasteiger partial charge is 0.351 e. The summed E-state index contributed by atoms with van der Waals surface area (Å²) < 4.78 is 29.5. The van der Waals surface area contributed by atoms with Gasteiger partial charge in [-0.15, -0.1) is 11.3 Å². The van der Waals surface area contributed by atoms with Gasteiger partial charge in [-0.2, -0.15) is 4.31 Å². The fraction of sp³-hybridized carbons (Fsp3) is 0.455. The molecule has 2 amide bonds. The molecular formula is C22H26BrN3O4S2. The average Bonchev–Trinajstić information content (AvgIpc) is 3.46. The maximum absolute atomic E-state index is 13.7. The molecule has 0 spiro atoms. The van der Waals surface area contributed by atoms with Crippen molar-refractivity contribution in [3.63, 3.8) is 0 Å². The lowest BCUT2D eigenvalue weighted by Crippen LogP contribution is -2.45. The highest BCUT2D eigenvalue weighted by atomic mass is 79.9. The van der Waals surface area contributed by atoms with Crippen LogP contribution in [0.25, 0.3) is 0 Å². The van der Waals surface area contributed by atoms with E-state index in [9.17, 15) is 18.0 Å². The molecule has 0 unspecified atom stereocenters. The molecule has 1 aromatic carbocycles. The van der Waals surface area contributed by atoms with E-state index in [4.69, 9.17) is 0 Å². The lowest BCUT2D eigenvalue weighted by molar-refractivity contribution is -0.126. The summed E-state index contributed by atoms with van der Waals surface area (Å²) >= 11 is 5.00. The molecule has 3 heterocycles. The highest BCUT2D eigenvalue weighted by Crippen LogP contribution is 2.39. The number of amides is 2. The zero-order valence-corrected chi connectivity index (χ0v) is 21.1. The number of anilines is 1. The van der Waals surface area contributed by atoms with Crippen molar-refractivity contribution in [1.29, 1.82) is 0 Å². The topological polar surface area (TPSA) is 86.8 Å². The van der Waals surface area contributed by atoms with Crippen LogP contribution in [-0.4, -0.2) is 44.2 Å². The Bertz CT molecular complexity index is 1120. The molecule has 2 aliphatic heterocycles. The van der Waals surface area contributed by atoms with Crippen LogP contribution in [0.1, 0.15) is 36.6 Å². The van der Waals surface area contributed by atoms with Gasteiger partial charge in [-0.1, -0.05) is 28.9 Å². The molecule has 0 radical (unpaired) electrons. The first-order chi connectivity index (χ1) is 15.3. The number of rotatable bonds is 6. The van der Waals surface area contributed by atoms with Crippen molar-refractivity contribution in [3.8, 4) is 0 Å². The Hall–Kier alpha value is -1.75. The average molecular weight is 541 g/mol. The number of hydrogen-bond donors (Lipinski definition) is 1. The van der Waals surface area contributed by atoms with Gasteiger partial charge in [0.05, 0.1) is 18.2 Å². The SMILES string of the molecule is CCC(=O)N1CCc2cc(Br)cc(S(=O)(=O)N3CCC[C@@H](C(=O)NCc4cccs4)C3)c21. The zero-order valence-electron chi connectivity index (χ0n) is 17.8. The van der Waals surface area contributed by atoms with Gasteiger partial charge in [0.2, 0.25) is 21.8 Å². The quantitative estimate of drug-likeness (QED) is 0.608. The number of benzene rings is 1. The Morgan fingerprint density at radius 3 is 2.81 bits per heavy atom. The van der Waals surface area contributed by atoms with E-state index < -0.39 is 15.9 Å². The molecule has 2 aliphatic rings. The predicted molar refractivity (Wildman–Crippen MR) is 128 cm³/mol. The first kappa shape index (κ1) is 23.4. The van der Waals surface area contributed by atoms with Crippen LogP contribution in [0.2, 0.25) is 0 Å². The van der Waals surface area contributed by atoms with Crippen molar-refractivity contribution >= 4 is 54.8 Å². The maximum atomic E-state index is 13.7. The highest BCUT2D eigenvalue weighted by molar-refractivity contribution is 9.10. The molecule has 2 aromatic rings. The van der Waals surface area contributed by atoms with Crippen molar-refractivity contribution in [1.82, 2.24) is 9.62 Å². The fourth-order valence-electron chi connectivity index (χ4n) is 4.35. The molecule has 10 heteroatoms. The molecule has 1 fully saturated rings. The number of sulfonamides is 1. The molecule has 0 saturated carbocycles. The van der Waals surface area contributed by atoms with Crippen molar-refractivity contribution in [2.75, 3.05) is 24.5 Å². The van der Waals surface area contributed by atoms with Gasteiger partial charge in [0.25, 0.3) is 0 Å². The summed E-state index contributed by atoms with van der Waals surface area (Å²) in [5.41, 5.74) is 1.34. The minimum atomic E-state index is -3.88. The third-order valence-electron chi connectivity index (χ3n) is 5.99. The van der Waals surface area contributed by atoms with Crippen LogP contribution in [0.15, 0.2) is 39.0 Å². The van der Waals surface area contributed by atoms with Crippen LogP contribution in [0, 0.1) is 5.92 Å². The molecule has 1 aromatic heterocycles. The van der Waals surface area contributed by atoms with E-state index in [-0.39, 0.29) is 23.3 Å². The Labute approximate surface area is 201 Å². The number of fused-ring (bicyclic) bond motifs is 1. The summed E-state index contributed by atoms with van der Waals surface area (Å²) in [5.74, 6) is -0.611. The van der Waals surface area contributed by atoms with E-state index >= 15 is 0 Å². The van der Waals surface area contributed by atoms with E-state index in [1.165, 1.54) is 4.31 Å². The molecule has 1 atom stereocenters. The lowest BCUT2D eigenvalue weighted by Gasteiger charge is -2.32. The fourth-order valence-corrected chi connectivity index (χ4v) is 7.44. The Morgan fingerprint density at radius 1 is 1.28 bits per heavy atom. The lowest BCUT2D eigenvalue weighted by atomic mass is 9.99. The summed E-state index contributed by atoms with van der Waals surface area (Å²) in [6, 6.07) is 7.36. The van der Waals surface area contributed by atoms with Gasteiger partial charge < -0.3 is 10.2 Å². The number of nitrogens with zero attached hydrogens (tertiary/aromatic N) is 2. The first-order valence-electron chi connectivity index (χ1n) is 10.7. The van der Waals surface area contributed by atoms with E-state index in [0.717, 1.165) is 10.4 Å². The van der Waals surface area contributed by atoms with Crippen LogP contribution in [0.4, 0.5) is 5.69 Å². The molecule has 1 saturated heterocycles. The Kier molecular flexibility index (Phi) is 7.04. The number of nitrogens with one attached hydrogen (secondary N) is 1. The second-order valence-electron chi connectivity index (χ2n) is 8.06. The predicted octanol–water partition coefficient (Wildman–Crippen LogP) is 3.53. The third-order valence-corrected chi connectivity index (χ3v) is 9.20. The second-order valence-corrected chi connectivity index (χ2v) is 11.9. The van der Waals surface area contributed by atoms with Gasteiger partial charge in [0, 0.05) is 35.4 Å². The van der Waals surface area contributed by atoms with Crippen LogP contribution in [0.5, 0.6) is 0 Å². The van der Waals surface area contributed by atoms with E-state index in [0.29, 0.717) is 55.5 Å². The highest BCUT2D eigenvalue weighted by Gasteiger charge is 2.38.